The number of ether oxygens (including phenoxy) is 1. The minimum absolute atomic E-state index is 0.0554. The summed E-state index contributed by atoms with van der Waals surface area (Å²) in [5.74, 6) is -2.77. The first kappa shape index (κ1) is 40.4. The fourth-order valence-corrected chi connectivity index (χ4v) is 7.75. The van der Waals surface area contributed by atoms with Crippen LogP contribution in [0.2, 0.25) is 0 Å². The van der Waals surface area contributed by atoms with E-state index in [1.165, 1.54) is 6.08 Å². The Morgan fingerprint density at radius 1 is 1.00 bits per heavy atom. The van der Waals surface area contributed by atoms with Gasteiger partial charge < -0.3 is 36.2 Å². The standard InChI is InChI=1S/C39H58N6O7/c1-9-12-17-27(32(46)34(48)41-18-10-2)42-33(47)31-29-26(39(29,7)8)21-45(31)35(49)30(25-19-23-15-13-14-16-24(23)20-25)44-36(50)43-28(38(4,5)6)22-52-37(51)40-11-3/h10,13-16,25-31H,2,9,11-12,17-22H2,1,3-8H3,(H,40,51)(H,41,48)(H,42,47)(H2,43,44,50)/t26-,27?,28+,29-,30-,31-/m0/s1. The normalized spacial score (nSPS) is 21.8. The second-order valence-corrected chi connectivity index (χ2v) is 16.0. The lowest BCUT2D eigenvalue weighted by Gasteiger charge is -2.36. The molecule has 6 atom stereocenters. The minimum atomic E-state index is -1.05. The summed E-state index contributed by atoms with van der Waals surface area (Å²) in [5, 5.41) is 13.9. The summed E-state index contributed by atoms with van der Waals surface area (Å²) < 4.78 is 5.37. The Bertz CT molecular complexity index is 1500. The molecule has 1 heterocycles. The Balaban J connectivity index is 1.59. The monoisotopic (exact) mass is 722 g/mol. The van der Waals surface area contributed by atoms with Gasteiger partial charge >= 0.3 is 12.1 Å². The minimum Gasteiger partial charge on any atom is -0.447 e. The molecule has 52 heavy (non-hydrogen) atoms. The number of amides is 6. The van der Waals surface area contributed by atoms with E-state index < -0.39 is 59.3 Å². The average molecular weight is 723 g/mol. The van der Waals surface area contributed by atoms with E-state index in [1.54, 1.807) is 11.8 Å². The second kappa shape index (κ2) is 16.9. The third-order valence-electron chi connectivity index (χ3n) is 11.0. The number of piperidine rings is 1. The van der Waals surface area contributed by atoms with Crippen LogP contribution in [-0.2, 0) is 36.8 Å². The first-order valence-electron chi connectivity index (χ1n) is 18.6. The number of unbranched alkanes of at least 4 members (excludes halogenated alkanes) is 1. The molecule has 2 fully saturated rings. The van der Waals surface area contributed by atoms with Crippen molar-refractivity contribution in [2.24, 2.45) is 28.6 Å². The van der Waals surface area contributed by atoms with Crippen LogP contribution in [-0.4, -0.2) is 90.9 Å². The quantitative estimate of drug-likeness (QED) is 0.129. The number of nitrogens with zero attached hydrogens (tertiary/aromatic N) is 1. The number of likely N-dealkylation sites (tertiary alicyclic amines) is 1. The van der Waals surface area contributed by atoms with E-state index in [-0.39, 0.29) is 48.6 Å². The van der Waals surface area contributed by atoms with Gasteiger partial charge in [-0.1, -0.05) is 84.7 Å². The molecule has 13 heteroatoms. The lowest BCUT2D eigenvalue weighted by Crippen LogP contribution is -2.61. The van der Waals surface area contributed by atoms with Crippen LogP contribution in [0.1, 0.15) is 78.9 Å². The van der Waals surface area contributed by atoms with Crippen molar-refractivity contribution in [1.29, 1.82) is 0 Å². The maximum atomic E-state index is 14.8. The van der Waals surface area contributed by atoms with Crippen LogP contribution in [0.25, 0.3) is 0 Å². The summed E-state index contributed by atoms with van der Waals surface area (Å²) in [6.45, 7) is 18.0. The Kier molecular flexibility index (Phi) is 13.1. The van der Waals surface area contributed by atoms with Gasteiger partial charge in [-0.3, -0.25) is 19.2 Å². The molecule has 13 nitrogen and oxygen atoms in total. The van der Waals surface area contributed by atoms with E-state index >= 15 is 0 Å². The van der Waals surface area contributed by atoms with Crippen LogP contribution >= 0.6 is 0 Å². The van der Waals surface area contributed by atoms with Crippen molar-refractivity contribution in [2.75, 3.05) is 26.2 Å². The zero-order chi connectivity index (χ0) is 38.4. The highest BCUT2D eigenvalue weighted by atomic mass is 16.5. The SMILES string of the molecule is C=CCNC(=O)C(=O)C(CCCC)NC(=O)[C@@H]1[C@@H]2[C@H](CN1C(=O)[C@@H](NC(=O)N[C@H](COC(=O)NCC)C(C)(C)C)C1Cc3ccccc3C1)C2(C)C. The molecule has 3 aliphatic rings. The average Bonchev–Trinajstić information content (AvgIpc) is 3.44. The predicted octanol–water partition coefficient (Wildman–Crippen LogP) is 3.26. The molecule has 1 saturated heterocycles. The fraction of sp³-hybridized carbons (Fsp3) is 0.641. The van der Waals surface area contributed by atoms with E-state index in [4.69, 9.17) is 4.74 Å². The number of Topliss-reactive ketones (excluding diaryl/α,β-unsaturated/α-hetero) is 1. The topological polar surface area (TPSA) is 175 Å². The zero-order valence-electron chi connectivity index (χ0n) is 31.8. The molecule has 286 valence electrons. The third kappa shape index (κ3) is 9.32. The summed E-state index contributed by atoms with van der Waals surface area (Å²) in [7, 11) is 0. The molecule has 1 aliphatic heterocycles. The maximum Gasteiger partial charge on any atom is 0.407 e. The van der Waals surface area contributed by atoms with E-state index in [0.717, 1.165) is 17.5 Å². The van der Waals surface area contributed by atoms with Crippen molar-refractivity contribution in [1.82, 2.24) is 31.5 Å². The molecule has 1 aromatic rings. The number of alkyl carbamates (subject to hydrolysis) is 1. The van der Waals surface area contributed by atoms with Gasteiger partial charge in [0, 0.05) is 19.6 Å². The summed E-state index contributed by atoms with van der Waals surface area (Å²) in [6.07, 6.45) is 3.66. The number of hydrogen-bond acceptors (Lipinski definition) is 7. The van der Waals surface area contributed by atoms with E-state index in [2.05, 4.69) is 47.0 Å². The van der Waals surface area contributed by atoms with Gasteiger partial charge in [-0.2, -0.15) is 0 Å². The smallest absolute Gasteiger partial charge is 0.407 e. The van der Waals surface area contributed by atoms with Crippen molar-refractivity contribution in [2.45, 2.75) is 105 Å². The number of benzene rings is 1. The highest BCUT2D eigenvalue weighted by molar-refractivity contribution is 6.38. The summed E-state index contributed by atoms with van der Waals surface area (Å²) in [4.78, 5) is 82.2. The Hall–Kier alpha value is -4.42. The van der Waals surface area contributed by atoms with Gasteiger partial charge in [0.15, 0.2) is 0 Å². The molecule has 0 bridgehead atoms. The Labute approximate surface area is 307 Å². The lowest BCUT2D eigenvalue weighted by molar-refractivity contribution is -0.144. The van der Waals surface area contributed by atoms with Gasteiger partial charge in [-0.25, -0.2) is 9.59 Å². The van der Waals surface area contributed by atoms with Gasteiger partial charge in [-0.05, 0) is 65.9 Å². The van der Waals surface area contributed by atoms with Crippen LogP contribution in [0.3, 0.4) is 0 Å². The first-order valence-corrected chi connectivity index (χ1v) is 18.6. The number of ketones is 1. The Morgan fingerprint density at radius 3 is 2.23 bits per heavy atom. The third-order valence-corrected chi connectivity index (χ3v) is 11.0. The number of nitrogens with one attached hydrogen (secondary N) is 5. The molecule has 6 amide bonds. The van der Waals surface area contributed by atoms with E-state index in [0.29, 0.717) is 32.4 Å². The second-order valence-electron chi connectivity index (χ2n) is 16.0. The molecule has 1 aromatic carbocycles. The van der Waals surface area contributed by atoms with Crippen molar-refractivity contribution in [3.63, 3.8) is 0 Å². The maximum absolute atomic E-state index is 14.8. The van der Waals surface area contributed by atoms with Crippen molar-refractivity contribution >= 4 is 35.6 Å². The van der Waals surface area contributed by atoms with E-state index in [1.807, 2.05) is 52.0 Å². The van der Waals surface area contributed by atoms with Gasteiger partial charge in [-0.15, -0.1) is 6.58 Å². The van der Waals surface area contributed by atoms with Gasteiger partial charge in [0.05, 0.1) is 12.1 Å². The number of carbonyl (C=O) groups is 6. The zero-order valence-corrected chi connectivity index (χ0v) is 31.8. The predicted molar refractivity (Wildman–Crippen MR) is 197 cm³/mol. The van der Waals surface area contributed by atoms with Gasteiger partial charge in [0.1, 0.15) is 18.7 Å². The summed E-state index contributed by atoms with van der Waals surface area (Å²) in [5.41, 5.74) is 1.49. The Morgan fingerprint density at radius 2 is 1.65 bits per heavy atom. The number of hydrogen-bond donors (Lipinski definition) is 5. The van der Waals surface area contributed by atoms with Gasteiger partial charge in [0.2, 0.25) is 17.6 Å². The lowest BCUT2D eigenvalue weighted by atomic mass is 9.87. The molecule has 0 radical (unpaired) electrons. The van der Waals surface area contributed by atoms with Crippen LogP contribution in [0, 0.1) is 28.6 Å². The number of fused-ring (bicyclic) bond motifs is 2. The molecule has 1 saturated carbocycles. The fourth-order valence-electron chi connectivity index (χ4n) is 7.75. The summed E-state index contributed by atoms with van der Waals surface area (Å²) >= 11 is 0. The molecule has 0 aromatic heterocycles. The molecular weight excluding hydrogens is 664 g/mol. The highest BCUT2D eigenvalue weighted by Gasteiger charge is 2.69. The molecule has 4 rings (SSSR count). The number of carbonyl (C=O) groups excluding carboxylic acids is 6. The molecular formula is C39H58N6O7. The van der Waals surface area contributed by atoms with E-state index in [9.17, 15) is 28.8 Å². The van der Waals surface area contributed by atoms with Gasteiger partial charge in [0.25, 0.3) is 5.91 Å². The molecule has 1 unspecified atom stereocenters. The van der Waals surface area contributed by atoms with Crippen LogP contribution in [0.15, 0.2) is 36.9 Å². The highest BCUT2D eigenvalue weighted by Crippen LogP contribution is 2.65. The van der Waals surface area contributed by atoms with Crippen LogP contribution in [0.4, 0.5) is 9.59 Å². The molecule has 5 N–H and O–H groups in total. The molecule has 0 spiro atoms. The van der Waals surface area contributed by atoms with Crippen molar-refractivity contribution in [3.05, 3.63) is 48.0 Å². The first-order chi connectivity index (χ1) is 24.5. The van der Waals surface area contributed by atoms with Crippen LogP contribution in [0.5, 0.6) is 0 Å². The van der Waals surface area contributed by atoms with Crippen LogP contribution < -0.4 is 26.6 Å². The molecule has 2 aliphatic carbocycles. The van der Waals surface area contributed by atoms with Crippen molar-refractivity contribution in [3.8, 4) is 0 Å². The number of rotatable bonds is 16. The largest absolute Gasteiger partial charge is 0.447 e. The van der Waals surface area contributed by atoms with Crippen molar-refractivity contribution < 1.29 is 33.5 Å². The summed E-state index contributed by atoms with van der Waals surface area (Å²) in [6, 6.07) is 3.87. The number of urea groups is 1.